The summed E-state index contributed by atoms with van der Waals surface area (Å²) in [5.74, 6) is 3.19. The number of benzene rings is 2. The predicted octanol–water partition coefficient (Wildman–Crippen LogP) is 4.80. The molecule has 1 aliphatic carbocycles. The summed E-state index contributed by atoms with van der Waals surface area (Å²) in [5, 5.41) is 6.80. The Balaban J connectivity index is 1.43. The summed E-state index contributed by atoms with van der Waals surface area (Å²) in [6.07, 6.45) is 5.30. The van der Waals surface area contributed by atoms with Gasteiger partial charge < -0.3 is 24.8 Å². The van der Waals surface area contributed by atoms with Crippen molar-refractivity contribution < 1.29 is 14.2 Å². The second-order valence-corrected chi connectivity index (χ2v) is 8.01. The molecule has 0 saturated carbocycles. The monoisotopic (exact) mass is 470 g/mol. The highest BCUT2D eigenvalue weighted by atomic mass is 16.5. The van der Waals surface area contributed by atoms with Gasteiger partial charge >= 0.3 is 0 Å². The number of nitrogens with one attached hydrogen (secondary N) is 2. The van der Waals surface area contributed by atoms with Crippen molar-refractivity contribution in [3.05, 3.63) is 72.2 Å². The molecule has 0 aliphatic heterocycles. The first-order chi connectivity index (χ1) is 17.2. The van der Waals surface area contributed by atoms with Gasteiger partial charge in [-0.15, -0.1) is 0 Å². The lowest BCUT2D eigenvalue weighted by Gasteiger charge is -2.17. The molecule has 2 aromatic carbocycles. The second kappa shape index (κ2) is 9.84. The van der Waals surface area contributed by atoms with Crippen LogP contribution >= 0.6 is 0 Å². The van der Waals surface area contributed by atoms with Crippen LogP contribution in [0.2, 0.25) is 0 Å². The van der Waals surface area contributed by atoms with Crippen molar-refractivity contribution in [3.8, 4) is 28.6 Å². The Morgan fingerprint density at radius 2 is 1.69 bits per heavy atom. The number of pyridine rings is 1. The van der Waals surface area contributed by atoms with Crippen LogP contribution in [-0.2, 0) is 6.42 Å². The Kier molecular flexibility index (Phi) is 6.30. The van der Waals surface area contributed by atoms with Crippen LogP contribution < -0.4 is 24.8 Å². The number of aromatic nitrogens is 4. The fourth-order valence-electron chi connectivity index (χ4n) is 4.34. The normalized spacial score (nSPS) is 14.2. The number of anilines is 3. The lowest BCUT2D eigenvalue weighted by Crippen LogP contribution is -2.10. The van der Waals surface area contributed by atoms with E-state index in [0.717, 1.165) is 24.2 Å². The number of ether oxygens (including phenoxy) is 3. The minimum absolute atomic E-state index is 0.193. The fourth-order valence-corrected chi connectivity index (χ4v) is 4.34. The molecule has 5 rings (SSSR count). The molecule has 0 saturated heterocycles. The highest BCUT2D eigenvalue weighted by Crippen LogP contribution is 2.40. The van der Waals surface area contributed by atoms with Crippen LogP contribution in [0.5, 0.6) is 17.2 Å². The molecule has 9 heteroatoms. The smallest absolute Gasteiger partial charge is 0.230 e. The highest BCUT2D eigenvalue weighted by molar-refractivity contribution is 5.72. The number of hydrogen-bond acceptors (Lipinski definition) is 9. The third-order valence-electron chi connectivity index (χ3n) is 5.99. The third-order valence-corrected chi connectivity index (χ3v) is 5.99. The Morgan fingerprint density at radius 3 is 2.46 bits per heavy atom. The zero-order chi connectivity index (χ0) is 24.2. The minimum Gasteiger partial charge on any atom is -0.493 e. The average molecular weight is 471 g/mol. The van der Waals surface area contributed by atoms with Crippen molar-refractivity contribution >= 4 is 17.5 Å². The van der Waals surface area contributed by atoms with Crippen LogP contribution in [0, 0.1) is 0 Å². The Bertz CT molecular complexity index is 1320. The predicted molar refractivity (Wildman–Crippen MR) is 134 cm³/mol. The van der Waals surface area contributed by atoms with Crippen molar-refractivity contribution in [1.82, 2.24) is 19.9 Å². The molecule has 0 fully saturated rings. The van der Waals surface area contributed by atoms with E-state index in [4.69, 9.17) is 14.2 Å². The maximum Gasteiger partial charge on any atom is 0.230 e. The van der Waals surface area contributed by atoms with Crippen LogP contribution in [0.15, 0.2) is 61.1 Å². The number of rotatable bonds is 8. The fraction of sp³-hybridized carbons (Fsp3) is 0.231. The van der Waals surface area contributed by atoms with Crippen LogP contribution in [0.4, 0.5) is 17.5 Å². The SMILES string of the molecule is COc1cc(Nc2ncnc(-c3cccnc3NC3CCc4ccccc43)n2)cc(OC)c1OC. The van der Waals surface area contributed by atoms with E-state index in [1.807, 2.05) is 12.1 Å². The van der Waals surface area contributed by atoms with Crippen molar-refractivity contribution in [2.75, 3.05) is 32.0 Å². The summed E-state index contributed by atoms with van der Waals surface area (Å²) in [7, 11) is 4.71. The molecule has 0 amide bonds. The van der Waals surface area contributed by atoms with Gasteiger partial charge in [-0.2, -0.15) is 4.98 Å². The van der Waals surface area contributed by atoms with Crippen molar-refractivity contribution in [2.24, 2.45) is 0 Å². The molecule has 2 heterocycles. The van der Waals surface area contributed by atoms with E-state index in [0.29, 0.717) is 34.7 Å². The van der Waals surface area contributed by atoms with Crippen LogP contribution in [0.25, 0.3) is 11.4 Å². The van der Waals surface area contributed by atoms with Gasteiger partial charge in [-0.1, -0.05) is 24.3 Å². The van der Waals surface area contributed by atoms with Crippen molar-refractivity contribution in [1.29, 1.82) is 0 Å². The zero-order valence-corrected chi connectivity index (χ0v) is 19.8. The van der Waals surface area contributed by atoms with Crippen LogP contribution in [0.1, 0.15) is 23.6 Å². The van der Waals surface area contributed by atoms with E-state index in [9.17, 15) is 0 Å². The molecule has 178 valence electrons. The van der Waals surface area contributed by atoms with Gasteiger partial charge in [0.1, 0.15) is 12.1 Å². The van der Waals surface area contributed by atoms with Crippen molar-refractivity contribution in [2.45, 2.75) is 18.9 Å². The first-order valence-corrected chi connectivity index (χ1v) is 11.3. The van der Waals surface area contributed by atoms with Gasteiger partial charge in [-0.3, -0.25) is 0 Å². The maximum atomic E-state index is 5.44. The molecular formula is C26H26N6O3. The number of hydrogen-bond donors (Lipinski definition) is 2. The Labute approximate surface area is 203 Å². The van der Waals surface area contributed by atoms with E-state index in [1.165, 1.54) is 17.5 Å². The molecule has 1 aliphatic rings. The largest absolute Gasteiger partial charge is 0.493 e. The standard InChI is InChI=1S/C26H26N6O3/c1-33-21-13-17(14-22(34-2)23(21)35-3)30-26-29-15-28-25(32-26)19-9-6-12-27-24(19)31-20-11-10-16-7-4-5-8-18(16)20/h4-9,12-15,20H,10-11H2,1-3H3,(H,27,31)(H,28,29,30,32). The first kappa shape index (κ1) is 22.4. The molecule has 1 unspecified atom stereocenters. The van der Waals surface area contributed by atoms with Gasteiger partial charge in [0, 0.05) is 24.0 Å². The molecule has 0 radical (unpaired) electrons. The summed E-state index contributed by atoms with van der Waals surface area (Å²) in [4.78, 5) is 17.9. The van der Waals surface area contributed by atoms with E-state index < -0.39 is 0 Å². The van der Waals surface area contributed by atoms with Gasteiger partial charge in [0.25, 0.3) is 0 Å². The summed E-state index contributed by atoms with van der Waals surface area (Å²) < 4.78 is 16.3. The van der Waals surface area contributed by atoms with E-state index >= 15 is 0 Å². The van der Waals surface area contributed by atoms with Crippen molar-refractivity contribution in [3.63, 3.8) is 0 Å². The number of methoxy groups -OCH3 is 3. The summed E-state index contributed by atoms with van der Waals surface area (Å²) >= 11 is 0. The molecule has 0 bridgehead atoms. The lowest BCUT2D eigenvalue weighted by molar-refractivity contribution is 0.324. The first-order valence-electron chi connectivity index (χ1n) is 11.3. The maximum absolute atomic E-state index is 5.44. The molecule has 1 atom stereocenters. The van der Waals surface area contributed by atoms with Gasteiger partial charge in [0.2, 0.25) is 11.7 Å². The van der Waals surface area contributed by atoms with Gasteiger partial charge in [-0.05, 0) is 36.1 Å². The Morgan fingerprint density at radius 1 is 0.886 bits per heavy atom. The zero-order valence-electron chi connectivity index (χ0n) is 19.8. The van der Waals surface area contributed by atoms with Crippen LogP contribution in [-0.4, -0.2) is 41.3 Å². The van der Waals surface area contributed by atoms with Gasteiger partial charge in [0.15, 0.2) is 17.3 Å². The molecule has 2 N–H and O–H groups in total. The highest BCUT2D eigenvalue weighted by Gasteiger charge is 2.23. The van der Waals surface area contributed by atoms with Gasteiger partial charge in [-0.25, -0.2) is 15.0 Å². The molecule has 9 nitrogen and oxygen atoms in total. The van der Waals surface area contributed by atoms with E-state index in [-0.39, 0.29) is 6.04 Å². The Hall–Kier alpha value is -4.40. The molecule has 0 spiro atoms. The summed E-state index contributed by atoms with van der Waals surface area (Å²) in [5.41, 5.74) is 4.17. The topological polar surface area (TPSA) is 103 Å². The summed E-state index contributed by atoms with van der Waals surface area (Å²) in [6, 6.07) is 16.1. The third kappa shape index (κ3) is 4.52. The minimum atomic E-state index is 0.193. The second-order valence-electron chi connectivity index (χ2n) is 8.01. The average Bonchev–Trinajstić information content (AvgIpc) is 3.31. The molecule has 4 aromatic rings. The van der Waals surface area contributed by atoms with E-state index in [1.54, 1.807) is 39.7 Å². The molecule has 2 aromatic heterocycles. The number of fused-ring (bicyclic) bond motifs is 1. The van der Waals surface area contributed by atoms with Gasteiger partial charge in [0.05, 0.1) is 32.9 Å². The molecular weight excluding hydrogens is 444 g/mol. The lowest BCUT2D eigenvalue weighted by atomic mass is 10.1. The quantitative estimate of drug-likeness (QED) is 0.376. The molecule has 35 heavy (non-hydrogen) atoms. The van der Waals surface area contributed by atoms with E-state index in [2.05, 4.69) is 54.8 Å². The summed E-state index contributed by atoms with van der Waals surface area (Å²) in [6.45, 7) is 0. The number of aryl methyl sites for hydroxylation is 1. The van der Waals surface area contributed by atoms with Crippen LogP contribution in [0.3, 0.4) is 0 Å². The number of nitrogens with zero attached hydrogens (tertiary/aromatic N) is 4.